The van der Waals surface area contributed by atoms with Crippen LogP contribution in [0, 0.1) is 17.7 Å². The molecule has 0 aromatic heterocycles. The Hall–Kier alpha value is -3.01. The minimum Gasteiger partial charge on any atom is -0.429 e. The van der Waals surface area contributed by atoms with Crippen LogP contribution in [-0.4, -0.2) is 6.11 Å². The molecule has 202 valence electrons. The molecule has 0 amide bonds. The minimum atomic E-state index is -3.37. The lowest BCUT2D eigenvalue weighted by atomic mass is 9.79. The molecule has 3 aromatic carbocycles. The standard InChI is InChI=1S/C34H39F3O/c1-3-5-6-7-26-8-10-27(11-9-26)22-23-34(36,37)38-31-19-16-28(17-20-31)30-18-21-32(33(35)24-30)29-14-12-25(4-2)13-15-29/h12-24,26-27H,3-11H2,1-2H3/b23-22+. The largest absolute Gasteiger partial charge is 0.429 e. The van der Waals surface area contributed by atoms with E-state index in [4.69, 9.17) is 4.74 Å². The van der Waals surface area contributed by atoms with Crippen LogP contribution in [0.2, 0.25) is 0 Å². The van der Waals surface area contributed by atoms with Gasteiger partial charge in [0.05, 0.1) is 0 Å². The Balaban J connectivity index is 1.33. The summed E-state index contributed by atoms with van der Waals surface area (Å²) in [4.78, 5) is 0. The van der Waals surface area contributed by atoms with Crippen LogP contribution >= 0.6 is 0 Å². The van der Waals surface area contributed by atoms with Crippen molar-refractivity contribution in [2.75, 3.05) is 0 Å². The highest BCUT2D eigenvalue weighted by Gasteiger charge is 2.29. The summed E-state index contributed by atoms with van der Waals surface area (Å²) in [5.74, 6) is 0.699. The van der Waals surface area contributed by atoms with Gasteiger partial charge in [0.25, 0.3) is 0 Å². The predicted molar refractivity (Wildman–Crippen MR) is 151 cm³/mol. The number of alkyl halides is 2. The minimum absolute atomic E-state index is 0.0798. The number of allylic oxidation sites excluding steroid dienone is 1. The fourth-order valence-electron chi connectivity index (χ4n) is 5.36. The molecule has 0 aliphatic heterocycles. The molecule has 0 spiro atoms. The van der Waals surface area contributed by atoms with E-state index in [-0.39, 0.29) is 17.5 Å². The monoisotopic (exact) mass is 520 g/mol. The molecule has 1 nitrogen and oxygen atoms in total. The van der Waals surface area contributed by atoms with Crippen molar-refractivity contribution in [1.29, 1.82) is 0 Å². The van der Waals surface area contributed by atoms with Gasteiger partial charge >= 0.3 is 6.11 Å². The first kappa shape index (κ1) is 28.0. The van der Waals surface area contributed by atoms with Gasteiger partial charge in [-0.3, -0.25) is 0 Å². The van der Waals surface area contributed by atoms with E-state index in [0.717, 1.165) is 55.2 Å². The number of halogens is 3. The number of ether oxygens (including phenoxy) is 1. The zero-order chi connectivity index (χ0) is 27.0. The predicted octanol–water partition coefficient (Wildman–Crippen LogP) is 10.6. The van der Waals surface area contributed by atoms with Crippen LogP contribution < -0.4 is 4.74 Å². The SMILES string of the molecule is CCCCCC1CCC(/C=C/C(F)(F)Oc2ccc(-c3ccc(-c4ccc(CC)cc4)c(F)c3)cc2)CC1. The van der Waals surface area contributed by atoms with Crippen molar-refractivity contribution >= 4 is 0 Å². The molecular formula is C34H39F3O. The molecule has 0 saturated heterocycles. The van der Waals surface area contributed by atoms with Gasteiger partial charge in [-0.15, -0.1) is 0 Å². The smallest absolute Gasteiger partial charge is 0.419 e. The second-order valence-corrected chi connectivity index (χ2v) is 10.6. The van der Waals surface area contributed by atoms with E-state index in [1.54, 1.807) is 24.3 Å². The van der Waals surface area contributed by atoms with Crippen molar-refractivity contribution in [2.45, 2.75) is 77.7 Å². The molecule has 3 aromatic rings. The molecule has 4 heteroatoms. The summed E-state index contributed by atoms with van der Waals surface area (Å²) in [7, 11) is 0. The van der Waals surface area contributed by atoms with Crippen molar-refractivity contribution in [3.8, 4) is 28.0 Å². The molecule has 0 unspecified atom stereocenters. The van der Waals surface area contributed by atoms with Gasteiger partial charge in [-0.25, -0.2) is 4.39 Å². The highest BCUT2D eigenvalue weighted by molar-refractivity contribution is 5.71. The molecule has 0 atom stereocenters. The van der Waals surface area contributed by atoms with E-state index < -0.39 is 6.11 Å². The number of rotatable bonds is 11. The molecule has 0 N–H and O–H groups in total. The third-order valence-electron chi connectivity index (χ3n) is 7.75. The second kappa shape index (κ2) is 13.2. The van der Waals surface area contributed by atoms with Crippen LogP contribution in [0.4, 0.5) is 13.2 Å². The average molecular weight is 521 g/mol. The highest BCUT2D eigenvalue weighted by atomic mass is 19.3. The van der Waals surface area contributed by atoms with Crippen molar-refractivity contribution in [3.63, 3.8) is 0 Å². The first-order chi connectivity index (χ1) is 18.4. The van der Waals surface area contributed by atoms with Crippen LogP contribution in [0.1, 0.15) is 70.8 Å². The number of hydrogen-bond acceptors (Lipinski definition) is 1. The number of hydrogen-bond donors (Lipinski definition) is 0. The number of unbranched alkanes of at least 4 members (excludes halogenated alkanes) is 2. The van der Waals surface area contributed by atoms with Crippen molar-refractivity contribution in [2.24, 2.45) is 11.8 Å². The lowest BCUT2D eigenvalue weighted by Crippen LogP contribution is -2.22. The van der Waals surface area contributed by atoms with E-state index in [2.05, 4.69) is 13.8 Å². The summed E-state index contributed by atoms with van der Waals surface area (Å²) < 4.78 is 48.9. The summed E-state index contributed by atoms with van der Waals surface area (Å²) in [6.45, 7) is 4.30. The lowest BCUT2D eigenvalue weighted by molar-refractivity contribution is -0.132. The van der Waals surface area contributed by atoms with Gasteiger partial charge in [-0.1, -0.05) is 94.1 Å². The van der Waals surface area contributed by atoms with Gasteiger partial charge in [0.15, 0.2) is 0 Å². The fraction of sp³-hybridized carbons (Fsp3) is 0.412. The normalized spacial score (nSPS) is 18.1. The van der Waals surface area contributed by atoms with Crippen molar-refractivity contribution in [3.05, 3.63) is 90.3 Å². The molecule has 0 radical (unpaired) electrons. The van der Waals surface area contributed by atoms with E-state index in [0.29, 0.717) is 11.1 Å². The zero-order valence-corrected chi connectivity index (χ0v) is 22.6. The van der Waals surface area contributed by atoms with Gasteiger partial charge in [0.2, 0.25) is 0 Å². The van der Waals surface area contributed by atoms with Crippen molar-refractivity contribution in [1.82, 2.24) is 0 Å². The van der Waals surface area contributed by atoms with E-state index in [1.807, 2.05) is 30.3 Å². The molecular weight excluding hydrogens is 481 g/mol. The molecule has 4 rings (SSSR count). The Labute approximate surface area is 225 Å². The topological polar surface area (TPSA) is 9.23 Å². The maximum absolute atomic E-state index is 14.9. The summed E-state index contributed by atoms with van der Waals surface area (Å²) in [6, 6.07) is 19.3. The number of benzene rings is 3. The Morgan fingerprint density at radius 2 is 1.47 bits per heavy atom. The van der Waals surface area contributed by atoms with Crippen LogP contribution in [0.15, 0.2) is 78.9 Å². The van der Waals surface area contributed by atoms with Crippen LogP contribution in [-0.2, 0) is 6.42 Å². The maximum Gasteiger partial charge on any atom is 0.419 e. The first-order valence-corrected chi connectivity index (χ1v) is 14.1. The van der Waals surface area contributed by atoms with Gasteiger partial charge < -0.3 is 4.74 Å². The molecule has 1 aliphatic carbocycles. The van der Waals surface area contributed by atoms with Crippen molar-refractivity contribution < 1.29 is 17.9 Å². The summed E-state index contributed by atoms with van der Waals surface area (Å²) in [5.41, 5.74) is 3.98. The molecule has 38 heavy (non-hydrogen) atoms. The lowest BCUT2D eigenvalue weighted by Gasteiger charge is -2.27. The third kappa shape index (κ3) is 7.75. The maximum atomic E-state index is 14.9. The average Bonchev–Trinajstić information content (AvgIpc) is 2.93. The van der Waals surface area contributed by atoms with Gasteiger partial charge in [0, 0.05) is 11.6 Å². The van der Waals surface area contributed by atoms with Gasteiger partial charge in [-0.2, -0.15) is 8.78 Å². The van der Waals surface area contributed by atoms with Gasteiger partial charge in [0.1, 0.15) is 11.6 Å². The molecule has 1 fully saturated rings. The quantitative estimate of drug-likeness (QED) is 0.180. The molecule has 1 aliphatic rings. The highest BCUT2D eigenvalue weighted by Crippen LogP contribution is 2.34. The van der Waals surface area contributed by atoms with E-state index >= 15 is 0 Å². The molecule has 1 saturated carbocycles. The molecule has 0 heterocycles. The summed E-state index contributed by atoms with van der Waals surface area (Å²) >= 11 is 0. The summed E-state index contributed by atoms with van der Waals surface area (Å²) in [5, 5.41) is 0. The zero-order valence-electron chi connectivity index (χ0n) is 22.6. The van der Waals surface area contributed by atoms with E-state index in [9.17, 15) is 13.2 Å². The van der Waals surface area contributed by atoms with Crippen LogP contribution in [0.5, 0.6) is 5.75 Å². The molecule has 0 bridgehead atoms. The van der Waals surface area contributed by atoms with E-state index in [1.165, 1.54) is 49.4 Å². The Bertz CT molecular complexity index is 1170. The first-order valence-electron chi connectivity index (χ1n) is 14.1. The fourth-order valence-corrected chi connectivity index (χ4v) is 5.36. The third-order valence-corrected chi connectivity index (χ3v) is 7.75. The number of aryl methyl sites for hydroxylation is 1. The Morgan fingerprint density at radius 1 is 0.816 bits per heavy atom. The summed E-state index contributed by atoms with van der Waals surface area (Å²) in [6.07, 6.45) is 9.35. The van der Waals surface area contributed by atoms with Gasteiger partial charge in [-0.05, 0) is 84.4 Å². The van der Waals surface area contributed by atoms with Crippen LogP contribution in [0.25, 0.3) is 22.3 Å². The van der Waals surface area contributed by atoms with Crippen LogP contribution in [0.3, 0.4) is 0 Å². The second-order valence-electron chi connectivity index (χ2n) is 10.6. The Morgan fingerprint density at radius 3 is 2.11 bits per heavy atom. The Kier molecular flexibility index (Phi) is 9.71.